The molecule has 0 aliphatic heterocycles. The van der Waals surface area contributed by atoms with Gasteiger partial charge in [-0.25, -0.2) is 4.79 Å². The van der Waals surface area contributed by atoms with Crippen molar-refractivity contribution in [1.82, 2.24) is 0 Å². The smallest absolute Gasteiger partial charge is 0.308 e. The van der Waals surface area contributed by atoms with Gasteiger partial charge in [0.2, 0.25) is 0 Å². The molecule has 0 bridgehead atoms. The largest absolute Gasteiger partial charge is 0.323 e. The van der Waals surface area contributed by atoms with Gasteiger partial charge in [0.25, 0.3) is 0 Å². The van der Waals surface area contributed by atoms with Crippen molar-refractivity contribution in [2.75, 3.05) is 10.6 Å². The molecule has 0 aliphatic carbocycles. The fourth-order valence-electron chi connectivity index (χ4n) is 2.28. The zero-order chi connectivity index (χ0) is 16.8. The van der Waals surface area contributed by atoms with Crippen molar-refractivity contribution in [3.8, 4) is 0 Å². The Kier molecular flexibility index (Phi) is 5.18. The molecule has 0 radical (unpaired) electrons. The van der Waals surface area contributed by atoms with Gasteiger partial charge in [0.15, 0.2) is 0 Å². The van der Waals surface area contributed by atoms with E-state index in [-0.39, 0.29) is 6.03 Å². The molecule has 3 rings (SSSR count). The van der Waals surface area contributed by atoms with Crippen molar-refractivity contribution < 1.29 is 4.79 Å². The Morgan fingerprint density at radius 3 is 2.38 bits per heavy atom. The van der Waals surface area contributed by atoms with E-state index in [0.717, 1.165) is 26.7 Å². The minimum absolute atomic E-state index is 0.248. The Labute approximate surface area is 146 Å². The third-order valence-electron chi connectivity index (χ3n) is 3.38. The first-order valence-corrected chi connectivity index (χ1v) is 8.49. The number of aryl methyl sites for hydroxylation is 1. The molecule has 0 unspecified atom stereocenters. The summed E-state index contributed by atoms with van der Waals surface area (Å²) in [6.45, 7) is 1.99. The lowest BCUT2D eigenvalue weighted by molar-refractivity contribution is 0.262. The van der Waals surface area contributed by atoms with E-state index < -0.39 is 0 Å². The third-order valence-corrected chi connectivity index (χ3v) is 4.47. The highest BCUT2D eigenvalue weighted by atomic mass is 32.2. The van der Waals surface area contributed by atoms with Crippen LogP contribution >= 0.6 is 11.8 Å². The van der Waals surface area contributed by atoms with Crippen LogP contribution in [0.5, 0.6) is 0 Å². The molecular formula is C20H18N2OS. The van der Waals surface area contributed by atoms with Crippen LogP contribution in [0.2, 0.25) is 0 Å². The summed E-state index contributed by atoms with van der Waals surface area (Å²) in [5, 5.41) is 5.79. The number of carbonyl (C=O) groups excluding carboxylic acids is 1. The summed E-state index contributed by atoms with van der Waals surface area (Å²) in [5.41, 5.74) is 2.67. The van der Waals surface area contributed by atoms with Crippen molar-refractivity contribution in [2.45, 2.75) is 16.7 Å². The highest BCUT2D eigenvalue weighted by Gasteiger charge is 2.08. The van der Waals surface area contributed by atoms with Crippen LogP contribution < -0.4 is 10.6 Å². The van der Waals surface area contributed by atoms with E-state index >= 15 is 0 Å². The summed E-state index contributed by atoms with van der Waals surface area (Å²) in [6.07, 6.45) is 0. The second kappa shape index (κ2) is 7.70. The van der Waals surface area contributed by atoms with Gasteiger partial charge in [0, 0.05) is 15.5 Å². The fourth-order valence-corrected chi connectivity index (χ4v) is 3.20. The van der Waals surface area contributed by atoms with E-state index in [0.29, 0.717) is 0 Å². The average Bonchev–Trinajstić information content (AvgIpc) is 2.57. The minimum atomic E-state index is -0.248. The second-order valence-electron chi connectivity index (χ2n) is 5.36. The number of nitrogens with one attached hydrogen (secondary N) is 2. The second-order valence-corrected chi connectivity index (χ2v) is 6.48. The van der Waals surface area contributed by atoms with Gasteiger partial charge in [-0.3, -0.25) is 0 Å². The Bertz CT molecular complexity index is 834. The number of rotatable bonds is 4. The number of carbonyl (C=O) groups is 1. The maximum Gasteiger partial charge on any atom is 0.323 e. The molecule has 0 saturated carbocycles. The number of amides is 2. The minimum Gasteiger partial charge on any atom is -0.308 e. The average molecular weight is 334 g/mol. The molecule has 2 amide bonds. The van der Waals surface area contributed by atoms with Crippen molar-refractivity contribution in [3.63, 3.8) is 0 Å². The van der Waals surface area contributed by atoms with Crippen LogP contribution in [0.15, 0.2) is 88.7 Å². The number of hydrogen-bond acceptors (Lipinski definition) is 2. The molecule has 120 valence electrons. The molecule has 3 nitrogen and oxygen atoms in total. The summed E-state index contributed by atoms with van der Waals surface area (Å²) in [4.78, 5) is 14.4. The van der Waals surface area contributed by atoms with E-state index in [1.807, 2.05) is 85.8 Å². The first kappa shape index (κ1) is 16.1. The number of anilines is 2. The van der Waals surface area contributed by atoms with E-state index in [1.165, 1.54) is 0 Å². The predicted octanol–water partition coefficient (Wildman–Crippen LogP) is 5.79. The first-order chi connectivity index (χ1) is 11.7. The van der Waals surface area contributed by atoms with Gasteiger partial charge >= 0.3 is 6.03 Å². The Morgan fingerprint density at radius 1 is 0.833 bits per heavy atom. The number of benzene rings is 3. The normalized spacial score (nSPS) is 10.2. The molecule has 0 saturated heterocycles. The summed E-state index contributed by atoms with van der Waals surface area (Å²) in [5.74, 6) is 0. The van der Waals surface area contributed by atoms with Gasteiger partial charge in [0.05, 0.1) is 5.69 Å². The van der Waals surface area contributed by atoms with Crippen molar-refractivity contribution in [2.24, 2.45) is 0 Å². The summed E-state index contributed by atoms with van der Waals surface area (Å²) < 4.78 is 0. The molecule has 3 aromatic carbocycles. The van der Waals surface area contributed by atoms with E-state index in [1.54, 1.807) is 11.8 Å². The highest BCUT2D eigenvalue weighted by molar-refractivity contribution is 7.99. The SMILES string of the molecule is Cc1cccc(NC(=O)Nc2ccccc2Sc2ccccc2)c1. The standard InChI is InChI=1S/C20H18N2OS/c1-15-8-7-9-16(14-15)21-20(23)22-18-12-5-6-13-19(18)24-17-10-3-2-4-11-17/h2-14H,1H3,(H2,21,22,23). The summed E-state index contributed by atoms with van der Waals surface area (Å²) >= 11 is 1.62. The van der Waals surface area contributed by atoms with Crippen molar-refractivity contribution >= 4 is 29.2 Å². The van der Waals surface area contributed by atoms with E-state index in [9.17, 15) is 4.79 Å². The number of para-hydroxylation sites is 1. The lowest BCUT2D eigenvalue weighted by Crippen LogP contribution is -2.19. The van der Waals surface area contributed by atoms with Crippen LogP contribution in [0.25, 0.3) is 0 Å². The van der Waals surface area contributed by atoms with Crippen LogP contribution in [-0.4, -0.2) is 6.03 Å². The third kappa shape index (κ3) is 4.40. The monoisotopic (exact) mass is 334 g/mol. The molecule has 0 aliphatic rings. The maximum atomic E-state index is 12.3. The van der Waals surface area contributed by atoms with Crippen LogP contribution in [0.3, 0.4) is 0 Å². The lowest BCUT2D eigenvalue weighted by Gasteiger charge is -2.12. The van der Waals surface area contributed by atoms with Crippen molar-refractivity contribution in [3.05, 3.63) is 84.4 Å². The van der Waals surface area contributed by atoms with E-state index in [2.05, 4.69) is 10.6 Å². The van der Waals surface area contributed by atoms with Gasteiger partial charge in [-0.2, -0.15) is 0 Å². The van der Waals surface area contributed by atoms with Crippen LogP contribution in [-0.2, 0) is 0 Å². The van der Waals surface area contributed by atoms with Gasteiger partial charge in [-0.1, -0.05) is 54.2 Å². The molecule has 0 spiro atoms. The predicted molar refractivity (Wildman–Crippen MR) is 101 cm³/mol. The van der Waals surface area contributed by atoms with Crippen LogP contribution in [0.4, 0.5) is 16.2 Å². The zero-order valence-corrected chi connectivity index (χ0v) is 14.1. The molecular weight excluding hydrogens is 316 g/mol. The molecule has 4 heteroatoms. The number of urea groups is 1. The molecule has 0 heterocycles. The quantitative estimate of drug-likeness (QED) is 0.634. The van der Waals surface area contributed by atoms with Crippen LogP contribution in [0.1, 0.15) is 5.56 Å². The molecule has 2 N–H and O–H groups in total. The van der Waals surface area contributed by atoms with Crippen molar-refractivity contribution in [1.29, 1.82) is 0 Å². The molecule has 0 fully saturated rings. The van der Waals surface area contributed by atoms with Gasteiger partial charge in [-0.15, -0.1) is 0 Å². The summed E-state index contributed by atoms with van der Waals surface area (Å²) in [6, 6.07) is 25.4. The number of hydrogen-bond donors (Lipinski definition) is 2. The van der Waals surface area contributed by atoms with Gasteiger partial charge in [-0.05, 0) is 48.9 Å². The molecule has 3 aromatic rings. The van der Waals surface area contributed by atoms with Gasteiger partial charge in [0.1, 0.15) is 0 Å². The van der Waals surface area contributed by atoms with Crippen LogP contribution in [0, 0.1) is 6.92 Å². The lowest BCUT2D eigenvalue weighted by atomic mass is 10.2. The fraction of sp³-hybridized carbons (Fsp3) is 0.0500. The Balaban J connectivity index is 1.72. The first-order valence-electron chi connectivity index (χ1n) is 7.67. The topological polar surface area (TPSA) is 41.1 Å². The maximum absolute atomic E-state index is 12.3. The Morgan fingerprint density at radius 2 is 1.58 bits per heavy atom. The zero-order valence-electron chi connectivity index (χ0n) is 13.3. The highest BCUT2D eigenvalue weighted by Crippen LogP contribution is 2.33. The van der Waals surface area contributed by atoms with E-state index in [4.69, 9.17) is 0 Å². The molecule has 0 atom stereocenters. The van der Waals surface area contributed by atoms with Gasteiger partial charge < -0.3 is 10.6 Å². The Hall–Kier alpha value is -2.72. The summed E-state index contributed by atoms with van der Waals surface area (Å²) in [7, 11) is 0. The molecule has 24 heavy (non-hydrogen) atoms. The molecule has 0 aromatic heterocycles.